The van der Waals surface area contributed by atoms with Crippen LogP contribution < -0.4 is 29.8 Å². The van der Waals surface area contributed by atoms with Gasteiger partial charge in [0.1, 0.15) is 5.60 Å². The van der Waals surface area contributed by atoms with E-state index in [4.69, 9.17) is 18.9 Å². The molecule has 8 heteroatoms. The molecule has 0 bridgehead atoms. The third-order valence-electron chi connectivity index (χ3n) is 4.36. The van der Waals surface area contributed by atoms with Gasteiger partial charge in [0.05, 0.1) is 0 Å². The number of fused-ring (bicyclic) bond motifs is 2. The lowest BCUT2D eigenvalue weighted by Gasteiger charge is -2.18. The molecule has 2 N–H and O–H groups in total. The fourth-order valence-electron chi connectivity index (χ4n) is 3.12. The van der Waals surface area contributed by atoms with E-state index in [2.05, 4.69) is 10.9 Å². The van der Waals surface area contributed by atoms with Crippen molar-refractivity contribution in [1.29, 1.82) is 0 Å². The number of para-hydroxylation sites is 1. The third kappa shape index (κ3) is 3.66. The van der Waals surface area contributed by atoms with Gasteiger partial charge in [-0.25, -0.2) is 0 Å². The van der Waals surface area contributed by atoms with E-state index >= 15 is 0 Å². The van der Waals surface area contributed by atoms with Crippen molar-refractivity contribution in [2.75, 3.05) is 13.4 Å². The number of nitrogens with one attached hydrogen (secondary N) is 2. The van der Waals surface area contributed by atoms with Crippen molar-refractivity contribution in [2.24, 2.45) is 0 Å². The molecule has 0 aliphatic carbocycles. The molecule has 2 heterocycles. The largest absolute Gasteiger partial charge is 0.483 e. The van der Waals surface area contributed by atoms with E-state index in [1.807, 2.05) is 26.0 Å². The molecule has 0 unspecified atom stereocenters. The fourth-order valence-corrected chi connectivity index (χ4v) is 3.12. The summed E-state index contributed by atoms with van der Waals surface area (Å²) in [5.74, 6) is 1.25. The Kier molecular flexibility index (Phi) is 4.46. The maximum absolute atomic E-state index is 12.2. The maximum atomic E-state index is 12.2. The highest BCUT2D eigenvalue weighted by Crippen LogP contribution is 2.41. The zero-order valence-electron chi connectivity index (χ0n) is 15.5. The Bertz CT molecular complexity index is 940. The van der Waals surface area contributed by atoms with E-state index in [0.717, 1.165) is 12.0 Å². The summed E-state index contributed by atoms with van der Waals surface area (Å²) >= 11 is 0. The van der Waals surface area contributed by atoms with Crippen molar-refractivity contribution in [2.45, 2.75) is 25.9 Å². The van der Waals surface area contributed by atoms with Crippen LogP contribution in [0.25, 0.3) is 0 Å². The van der Waals surface area contributed by atoms with Crippen molar-refractivity contribution >= 4 is 11.8 Å². The zero-order chi connectivity index (χ0) is 19.7. The molecule has 8 nitrogen and oxygen atoms in total. The standard InChI is InChI=1S/C20H20N2O6/c1-20(2)9-13-4-3-5-15(18(13)28-20)25-10-17(23)21-22-19(24)12-6-7-14-16(8-12)27-11-26-14/h3-8H,9-11H2,1-2H3,(H,21,23)(H,22,24). The molecule has 0 spiro atoms. The van der Waals surface area contributed by atoms with Crippen LogP contribution >= 0.6 is 0 Å². The average molecular weight is 384 g/mol. The molecule has 0 saturated heterocycles. The molecule has 2 aliphatic rings. The smallest absolute Gasteiger partial charge is 0.276 e. The van der Waals surface area contributed by atoms with Gasteiger partial charge < -0.3 is 18.9 Å². The van der Waals surface area contributed by atoms with Gasteiger partial charge in [-0.1, -0.05) is 12.1 Å². The first-order valence-electron chi connectivity index (χ1n) is 8.84. The number of carbonyl (C=O) groups excluding carboxylic acids is 2. The van der Waals surface area contributed by atoms with Gasteiger partial charge in [-0.3, -0.25) is 20.4 Å². The van der Waals surface area contributed by atoms with Gasteiger partial charge in [-0.05, 0) is 38.1 Å². The molecule has 2 aromatic carbocycles. The number of amides is 2. The highest BCUT2D eigenvalue weighted by molar-refractivity contribution is 5.96. The van der Waals surface area contributed by atoms with Crippen LogP contribution in [0.3, 0.4) is 0 Å². The second-order valence-electron chi connectivity index (χ2n) is 7.14. The number of hydrazine groups is 1. The lowest BCUT2D eigenvalue weighted by atomic mass is 10.0. The predicted molar refractivity (Wildman–Crippen MR) is 98.5 cm³/mol. The first-order valence-corrected chi connectivity index (χ1v) is 8.84. The third-order valence-corrected chi connectivity index (χ3v) is 4.36. The monoisotopic (exact) mass is 384 g/mol. The first-order chi connectivity index (χ1) is 13.4. The van der Waals surface area contributed by atoms with Gasteiger partial charge in [0, 0.05) is 17.5 Å². The Hall–Kier alpha value is -3.42. The van der Waals surface area contributed by atoms with Crippen LogP contribution in [-0.2, 0) is 11.2 Å². The van der Waals surface area contributed by atoms with Crippen LogP contribution in [0.2, 0.25) is 0 Å². The highest BCUT2D eigenvalue weighted by atomic mass is 16.7. The summed E-state index contributed by atoms with van der Waals surface area (Å²) in [6.45, 7) is 3.85. The Morgan fingerprint density at radius 3 is 2.79 bits per heavy atom. The second-order valence-corrected chi connectivity index (χ2v) is 7.14. The van der Waals surface area contributed by atoms with Crippen molar-refractivity contribution in [3.05, 3.63) is 47.5 Å². The number of rotatable bonds is 4. The SMILES string of the molecule is CC1(C)Cc2cccc(OCC(=O)NNC(=O)c3ccc4c(c3)OCO4)c2O1. The van der Waals surface area contributed by atoms with E-state index in [1.165, 1.54) is 0 Å². The Balaban J connectivity index is 1.30. The molecule has 0 radical (unpaired) electrons. The minimum absolute atomic E-state index is 0.124. The first kappa shape index (κ1) is 18.0. The summed E-state index contributed by atoms with van der Waals surface area (Å²) in [6, 6.07) is 10.4. The number of hydrogen-bond acceptors (Lipinski definition) is 6. The number of hydrogen-bond donors (Lipinski definition) is 2. The van der Waals surface area contributed by atoms with Crippen LogP contribution in [0.5, 0.6) is 23.0 Å². The lowest BCUT2D eigenvalue weighted by molar-refractivity contribution is -0.123. The number of benzene rings is 2. The van der Waals surface area contributed by atoms with Gasteiger partial charge in [-0.2, -0.15) is 0 Å². The average Bonchev–Trinajstić information content (AvgIpc) is 3.26. The molecule has 0 aromatic heterocycles. The molecule has 2 aromatic rings. The second kappa shape index (κ2) is 6.95. The van der Waals surface area contributed by atoms with Crippen molar-refractivity contribution in [3.8, 4) is 23.0 Å². The van der Waals surface area contributed by atoms with E-state index < -0.39 is 11.8 Å². The van der Waals surface area contributed by atoms with Gasteiger partial charge in [-0.15, -0.1) is 0 Å². The van der Waals surface area contributed by atoms with Crippen LogP contribution in [0.4, 0.5) is 0 Å². The molecule has 0 saturated carbocycles. The molecule has 4 rings (SSSR count). The molecule has 2 aliphatic heterocycles. The molecule has 0 atom stereocenters. The van der Waals surface area contributed by atoms with Crippen LogP contribution in [0, 0.1) is 0 Å². The predicted octanol–water partition coefficient (Wildman–Crippen LogP) is 1.97. The molecular formula is C20H20N2O6. The van der Waals surface area contributed by atoms with E-state index in [0.29, 0.717) is 28.6 Å². The summed E-state index contributed by atoms with van der Waals surface area (Å²) in [5, 5.41) is 0. The van der Waals surface area contributed by atoms with E-state index in [9.17, 15) is 9.59 Å². The van der Waals surface area contributed by atoms with Crippen molar-refractivity contribution in [3.63, 3.8) is 0 Å². The number of ether oxygens (including phenoxy) is 4. The lowest BCUT2D eigenvalue weighted by Crippen LogP contribution is -2.43. The zero-order valence-corrected chi connectivity index (χ0v) is 15.5. The minimum atomic E-state index is -0.496. The van der Waals surface area contributed by atoms with Crippen LogP contribution in [0.15, 0.2) is 36.4 Å². The molecular weight excluding hydrogens is 364 g/mol. The minimum Gasteiger partial charge on any atom is -0.483 e. The molecule has 2 amide bonds. The van der Waals surface area contributed by atoms with Crippen molar-refractivity contribution < 1.29 is 28.5 Å². The van der Waals surface area contributed by atoms with Crippen molar-refractivity contribution in [1.82, 2.24) is 10.9 Å². The normalized spacial score (nSPS) is 15.4. The van der Waals surface area contributed by atoms with Crippen LogP contribution in [-0.4, -0.2) is 30.8 Å². The van der Waals surface area contributed by atoms with Gasteiger partial charge in [0.2, 0.25) is 6.79 Å². The summed E-state index contributed by atoms with van der Waals surface area (Å²) in [6.07, 6.45) is 0.775. The Labute approximate surface area is 161 Å². The van der Waals surface area contributed by atoms with E-state index in [1.54, 1.807) is 24.3 Å². The van der Waals surface area contributed by atoms with Crippen LogP contribution in [0.1, 0.15) is 29.8 Å². The van der Waals surface area contributed by atoms with Gasteiger partial charge in [0.25, 0.3) is 11.8 Å². The summed E-state index contributed by atoms with van der Waals surface area (Å²) in [5.41, 5.74) is 5.74. The summed E-state index contributed by atoms with van der Waals surface area (Å²) in [7, 11) is 0. The summed E-state index contributed by atoms with van der Waals surface area (Å²) < 4.78 is 21.9. The molecule has 28 heavy (non-hydrogen) atoms. The highest BCUT2D eigenvalue weighted by Gasteiger charge is 2.32. The Morgan fingerprint density at radius 2 is 1.93 bits per heavy atom. The summed E-state index contributed by atoms with van der Waals surface area (Å²) in [4.78, 5) is 24.2. The van der Waals surface area contributed by atoms with E-state index in [-0.39, 0.29) is 19.0 Å². The Morgan fingerprint density at radius 1 is 1.11 bits per heavy atom. The van der Waals surface area contributed by atoms with Gasteiger partial charge >= 0.3 is 0 Å². The fraction of sp³-hybridized carbons (Fsp3) is 0.300. The van der Waals surface area contributed by atoms with Gasteiger partial charge in [0.15, 0.2) is 29.6 Å². The molecule has 146 valence electrons. The topological polar surface area (TPSA) is 95.1 Å². The molecule has 0 fully saturated rings. The number of carbonyl (C=O) groups is 2. The quantitative estimate of drug-likeness (QED) is 0.783. The maximum Gasteiger partial charge on any atom is 0.276 e.